The standard InChI is InChI=1S/C39H39N3O7/c1-25(40-38(45)48-23-27-14-6-3-7-15-27)36(43)41-35(37(44)47-22-26-12-4-2-5-13-26)21-28-20-34(28)42-39(46)49-24-33-31-18-10-8-16-29(31)30-17-9-11-19-32(30)33/h2-19,25,28,33-35H,20-24H2,1H3,(H,40,45)(H,41,43)(H,42,46)/t25-,28+,34-,35-/m0/s1. The summed E-state index contributed by atoms with van der Waals surface area (Å²) in [4.78, 5) is 51.6. The van der Waals surface area contributed by atoms with Crippen LogP contribution in [0, 0.1) is 5.92 Å². The van der Waals surface area contributed by atoms with Gasteiger partial charge in [0.05, 0.1) is 0 Å². The van der Waals surface area contributed by atoms with Crippen LogP contribution in [0.2, 0.25) is 0 Å². The number of benzene rings is 4. The van der Waals surface area contributed by atoms with Gasteiger partial charge in [-0.25, -0.2) is 14.4 Å². The van der Waals surface area contributed by atoms with E-state index in [0.29, 0.717) is 6.42 Å². The van der Waals surface area contributed by atoms with Gasteiger partial charge in [0, 0.05) is 12.0 Å². The number of fused-ring (bicyclic) bond motifs is 3. The number of rotatable bonds is 13. The van der Waals surface area contributed by atoms with E-state index in [9.17, 15) is 19.2 Å². The Morgan fingerprint density at radius 1 is 0.673 bits per heavy atom. The molecule has 10 nitrogen and oxygen atoms in total. The van der Waals surface area contributed by atoms with Crippen LogP contribution >= 0.6 is 0 Å². The predicted molar refractivity (Wildman–Crippen MR) is 182 cm³/mol. The molecular weight excluding hydrogens is 622 g/mol. The molecule has 0 bridgehead atoms. The molecule has 0 unspecified atom stereocenters. The van der Waals surface area contributed by atoms with Gasteiger partial charge in [0.1, 0.15) is 31.9 Å². The Morgan fingerprint density at radius 2 is 1.22 bits per heavy atom. The second-order valence-corrected chi connectivity index (χ2v) is 12.4. The van der Waals surface area contributed by atoms with E-state index in [1.54, 1.807) is 0 Å². The van der Waals surface area contributed by atoms with Crippen molar-refractivity contribution in [1.29, 1.82) is 0 Å². The Kier molecular flexibility index (Phi) is 10.5. The molecule has 6 rings (SSSR count). The van der Waals surface area contributed by atoms with E-state index in [2.05, 4.69) is 40.2 Å². The molecule has 0 aromatic heterocycles. The van der Waals surface area contributed by atoms with E-state index in [1.165, 1.54) is 6.92 Å². The molecule has 0 saturated heterocycles. The Labute approximate surface area is 285 Å². The third-order valence-corrected chi connectivity index (χ3v) is 8.87. The van der Waals surface area contributed by atoms with Gasteiger partial charge in [0.2, 0.25) is 5.91 Å². The number of hydrogen-bond acceptors (Lipinski definition) is 7. The van der Waals surface area contributed by atoms with Crippen molar-refractivity contribution in [3.8, 4) is 11.1 Å². The van der Waals surface area contributed by atoms with Crippen LogP contribution in [0.1, 0.15) is 47.9 Å². The van der Waals surface area contributed by atoms with Crippen molar-refractivity contribution in [2.75, 3.05) is 6.61 Å². The lowest BCUT2D eigenvalue weighted by Gasteiger charge is -2.21. The zero-order valence-corrected chi connectivity index (χ0v) is 27.2. The summed E-state index contributed by atoms with van der Waals surface area (Å²) in [7, 11) is 0. The number of ether oxygens (including phenoxy) is 3. The average molecular weight is 662 g/mol. The molecule has 2 aliphatic rings. The van der Waals surface area contributed by atoms with Crippen LogP contribution in [0.25, 0.3) is 11.1 Å². The first-order chi connectivity index (χ1) is 23.9. The molecule has 3 amide bonds. The van der Waals surface area contributed by atoms with Crippen molar-refractivity contribution in [1.82, 2.24) is 16.0 Å². The number of nitrogens with one attached hydrogen (secondary N) is 3. The molecule has 49 heavy (non-hydrogen) atoms. The van der Waals surface area contributed by atoms with E-state index in [-0.39, 0.29) is 44.1 Å². The summed E-state index contributed by atoms with van der Waals surface area (Å²) in [5.41, 5.74) is 6.16. The second-order valence-electron chi connectivity index (χ2n) is 12.4. The first kappa shape index (κ1) is 33.3. The SMILES string of the molecule is C[C@H](NC(=O)OCc1ccccc1)C(=O)N[C@@H](C[C@H]1C[C@@H]1NC(=O)OCC1c2ccccc2-c2ccccc21)C(=O)OCc1ccccc1. The minimum absolute atomic E-state index is 0.0394. The molecule has 4 aromatic carbocycles. The molecule has 252 valence electrons. The highest BCUT2D eigenvalue weighted by Crippen LogP contribution is 2.44. The lowest BCUT2D eigenvalue weighted by Crippen LogP contribution is -2.51. The molecule has 0 aliphatic heterocycles. The van der Waals surface area contributed by atoms with Gasteiger partial charge in [0.25, 0.3) is 0 Å². The van der Waals surface area contributed by atoms with Gasteiger partial charge < -0.3 is 30.2 Å². The number of esters is 1. The highest BCUT2D eigenvalue weighted by atomic mass is 16.6. The number of carbonyl (C=O) groups is 4. The first-order valence-electron chi connectivity index (χ1n) is 16.5. The van der Waals surface area contributed by atoms with Crippen LogP contribution in [-0.4, -0.2) is 48.8 Å². The zero-order chi connectivity index (χ0) is 34.2. The summed E-state index contributed by atoms with van der Waals surface area (Å²) in [6, 6.07) is 32.5. The van der Waals surface area contributed by atoms with E-state index in [0.717, 1.165) is 33.4 Å². The fourth-order valence-electron chi connectivity index (χ4n) is 6.13. The van der Waals surface area contributed by atoms with Gasteiger partial charge in [-0.3, -0.25) is 4.79 Å². The summed E-state index contributed by atoms with van der Waals surface area (Å²) >= 11 is 0. The van der Waals surface area contributed by atoms with Crippen LogP contribution in [0.15, 0.2) is 109 Å². The Morgan fingerprint density at radius 3 is 1.84 bits per heavy atom. The Hall–Kier alpha value is -5.64. The third kappa shape index (κ3) is 8.64. The fourth-order valence-corrected chi connectivity index (χ4v) is 6.13. The molecule has 4 aromatic rings. The topological polar surface area (TPSA) is 132 Å². The smallest absolute Gasteiger partial charge is 0.408 e. The van der Waals surface area contributed by atoms with Gasteiger partial charge in [-0.2, -0.15) is 0 Å². The largest absolute Gasteiger partial charge is 0.459 e. The summed E-state index contributed by atoms with van der Waals surface area (Å²) in [6.07, 6.45) is -0.446. The van der Waals surface area contributed by atoms with Crippen molar-refractivity contribution in [2.45, 2.75) is 57.0 Å². The van der Waals surface area contributed by atoms with Crippen LogP contribution in [-0.2, 0) is 37.0 Å². The molecule has 2 aliphatic carbocycles. The zero-order valence-electron chi connectivity index (χ0n) is 27.2. The molecule has 1 saturated carbocycles. The van der Waals surface area contributed by atoms with Gasteiger partial charge in [0.15, 0.2) is 0 Å². The molecule has 1 fully saturated rings. The maximum absolute atomic E-state index is 13.2. The molecule has 0 heterocycles. The quantitative estimate of drug-likeness (QED) is 0.121. The molecule has 0 radical (unpaired) electrons. The number of alkyl carbamates (subject to hydrolysis) is 2. The van der Waals surface area contributed by atoms with Gasteiger partial charge in [-0.15, -0.1) is 0 Å². The normalized spacial score (nSPS) is 17.0. The van der Waals surface area contributed by atoms with Crippen LogP contribution < -0.4 is 16.0 Å². The van der Waals surface area contributed by atoms with E-state index < -0.39 is 36.1 Å². The Bertz CT molecular complexity index is 1740. The van der Waals surface area contributed by atoms with E-state index in [4.69, 9.17) is 14.2 Å². The van der Waals surface area contributed by atoms with Gasteiger partial charge in [-0.1, -0.05) is 109 Å². The molecule has 0 spiro atoms. The fraction of sp³-hybridized carbons (Fsp3) is 0.282. The van der Waals surface area contributed by atoms with Crippen molar-refractivity contribution >= 4 is 24.1 Å². The highest BCUT2D eigenvalue weighted by Gasteiger charge is 2.43. The highest BCUT2D eigenvalue weighted by molar-refractivity contribution is 5.89. The van der Waals surface area contributed by atoms with Crippen molar-refractivity contribution in [3.63, 3.8) is 0 Å². The summed E-state index contributed by atoms with van der Waals surface area (Å²) in [6.45, 7) is 1.79. The molecule has 3 N–H and O–H groups in total. The van der Waals surface area contributed by atoms with Gasteiger partial charge >= 0.3 is 18.2 Å². The number of amides is 3. The van der Waals surface area contributed by atoms with Crippen molar-refractivity contribution < 1.29 is 33.4 Å². The van der Waals surface area contributed by atoms with Gasteiger partial charge in [-0.05, 0) is 59.1 Å². The molecular formula is C39H39N3O7. The molecule has 10 heteroatoms. The van der Waals surface area contributed by atoms with Crippen molar-refractivity contribution in [2.24, 2.45) is 5.92 Å². The maximum Gasteiger partial charge on any atom is 0.408 e. The average Bonchev–Trinajstić information content (AvgIpc) is 3.77. The molecule has 4 atom stereocenters. The lowest BCUT2D eigenvalue weighted by atomic mass is 9.98. The minimum atomic E-state index is -1.000. The second kappa shape index (κ2) is 15.5. The van der Waals surface area contributed by atoms with E-state index >= 15 is 0 Å². The van der Waals surface area contributed by atoms with Crippen LogP contribution in [0.3, 0.4) is 0 Å². The first-order valence-corrected chi connectivity index (χ1v) is 16.5. The maximum atomic E-state index is 13.2. The minimum Gasteiger partial charge on any atom is -0.459 e. The van der Waals surface area contributed by atoms with Crippen LogP contribution in [0.4, 0.5) is 9.59 Å². The summed E-state index contributed by atoms with van der Waals surface area (Å²) < 4.78 is 16.5. The lowest BCUT2D eigenvalue weighted by molar-refractivity contribution is -0.149. The summed E-state index contributed by atoms with van der Waals surface area (Å²) in [5, 5.41) is 8.15. The van der Waals surface area contributed by atoms with Crippen LogP contribution in [0.5, 0.6) is 0 Å². The third-order valence-electron chi connectivity index (χ3n) is 8.87. The summed E-state index contributed by atoms with van der Waals surface area (Å²) in [5.74, 6) is -1.32. The predicted octanol–water partition coefficient (Wildman–Crippen LogP) is 5.85. The number of carbonyl (C=O) groups excluding carboxylic acids is 4. The Balaban J connectivity index is 1.01. The van der Waals surface area contributed by atoms with E-state index in [1.807, 2.05) is 84.9 Å². The van der Waals surface area contributed by atoms with Crippen molar-refractivity contribution in [3.05, 3.63) is 131 Å². The monoisotopic (exact) mass is 661 g/mol. The number of hydrogen-bond donors (Lipinski definition) is 3.